The zero-order valence-corrected chi connectivity index (χ0v) is 7.97. The minimum absolute atomic E-state index is 0.362. The van der Waals surface area contributed by atoms with E-state index in [2.05, 4.69) is 0 Å². The molecule has 0 fully saturated rings. The third kappa shape index (κ3) is 2.10. The van der Waals surface area contributed by atoms with Crippen LogP contribution in [0, 0.1) is 0 Å². The summed E-state index contributed by atoms with van der Waals surface area (Å²) < 4.78 is 0. The molecular formula is C10H14N2O2. The van der Waals surface area contributed by atoms with E-state index in [4.69, 9.17) is 11.5 Å². The molecule has 0 spiro atoms. The minimum Gasteiger partial charge on any atom is -0.391 e. The van der Waals surface area contributed by atoms with Crippen molar-refractivity contribution in [2.75, 3.05) is 0 Å². The molecule has 0 saturated heterocycles. The van der Waals surface area contributed by atoms with Gasteiger partial charge in [-0.2, -0.15) is 0 Å². The van der Waals surface area contributed by atoms with E-state index in [0.717, 1.165) is 0 Å². The lowest BCUT2D eigenvalue weighted by Crippen LogP contribution is -2.26. The smallest absolute Gasteiger partial charge is 0.249 e. The highest BCUT2D eigenvalue weighted by atomic mass is 16.3. The van der Waals surface area contributed by atoms with E-state index in [1.165, 1.54) is 0 Å². The Kier molecular flexibility index (Phi) is 3.22. The number of carbonyl (C=O) groups is 1. The van der Waals surface area contributed by atoms with Crippen molar-refractivity contribution in [2.24, 2.45) is 11.5 Å². The van der Waals surface area contributed by atoms with Crippen LogP contribution in [0.15, 0.2) is 24.3 Å². The molecular weight excluding hydrogens is 180 g/mol. The van der Waals surface area contributed by atoms with Crippen molar-refractivity contribution < 1.29 is 9.90 Å². The quantitative estimate of drug-likeness (QED) is 0.640. The van der Waals surface area contributed by atoms with E-state index in [1.54, 1.807) is 31.2 Å². The van der Waals surface area contributed by atoms with E-state index in [-0.39, 0.29) is 0 Å². The van der Waals surface area contributed by atoms with Crippen LogP contribution in [0.3, 0.4) is 0 Å². The predicted molar refractivity (Wildman–Crippen MR) is 53.6 cm³/mol. The fraction of sp³-hybridized carbons (Fsp3) is 0.300. The van der Waals surface area contributed by atoms with Gasteiger partial charge < -0.3 is 16.6 Å². The lowest BCUT2D eigenvalue weighted by Gasteiger charge is -2.17. The van der Waals surface area contributed by atoms with Crippen molar-refractivity contribution >= 4 is 5.91 Å². The molecule has 0 bridgehead atoms. The molecule has 1 rings (SSSR count). The van der Waals surface area contributed by atoms with Crippen molar-refractivity contribution in [1.29, 1.82) is 0 Å². The molecule has 0 aliphatic carbocycles. The first-order valence-corrected chi connectivity index (χ1v) is 4.36. The maximum Gasteiger partial charge on any atom is 0.249 e. The number of primary amides is 1. The van der Waals surface area contributed by atoms with Crippen LogP contribution < -0.4 is 11.5 Å². The molecule has 1 unspecified atom stereocenters. The van der Waals surface area contributed by atoms with Crippen molar-refractivity contribution in [3.63, 3.8) is 0 Å². The van der Waals surface area contributed by atoms with Crippen LogP contribution >= 0.6 is 0 Å². The third-order valence-electron chi connectivity index (χ3n) is 2.11. The number of hydrogen-bond acceptors (Lipinski definition) is 3. The summed E-state index contributed by atoms with van der Waals surface area (Å²) in [7, 11) is 0. The SMILES string of the molecule is CC(O)[C@H](N)c1ccccc1C(N)=O. The van der Waals surface area contributed by atoms with Gasteiger partial charge in [-0.15, -0.1) is 0 Å². The molecule has 1 aromatic rings. The standard InChI is InChI=1S/C10H14N2O2/c1-6(13)9(11)7-4-2-3-5-8(7)10(12)14/h2-6,9,13H,11H2,1H3,(H2,12,14)/t6?,9-/m0/s1. The number of aliphatic hydroxyl groups excluding tert-OH is 1. The van der Waals surface area contributed by atoms with Crippen LogP contribution in [0.2, 0.25) is 0 Å². The zero-order chi connectivity index (χ0) is 10.7. The summed E-state index contributed by atoms with van der Waals surface area (Å²) in [6, 6.07) is 6.17. The van der Waals surface area contributed by atoms with E-state index < -0.39 is 18.1 Å². The molecule has 0 aliphatic heterocycles. The number of rotatable bonds is 3. The van der Waals surface area contributed by atoms with Gasteiger partial charge >= 0.3 is 0 Å². The molecule has 0 radical (unpaired) electrons. The maximum absolute atomic E-state index is 11.0. The number of amides is 1. The van der Waals surface area contributed by atoms with Crippen molar-refractivity contribution in [1.82, 2.24) is 0 Å². The fourth-order valence-electron chi connectivity index (χ4n) is 1.27. The van der Waals surface area contributed by atoms with Gasteiger partial charge in [0.1, 0.15) is 0 Å². The van der Waals surface area contributed by atoms with Gasteiger partial charge in [-0.3, -0.25) is 4.79 Å². The minimum atomic E-state index is -0.713. The molecule has 4 heteroatoms. The lowest BCUT2D eigenvalue weighted by molar-refractivity contribution is 0.0997. The first kappa shape index (κ1) is 10.7. The molecule has 0 aromatic heterocycles. The van der Waals surface area contributed by atoms with Gasteiger partial charge in [0.25, 0.3) is 0 Å². The van der Waals surface area contributed by atoms with Crippen LogP contribution in [0.4, 0.5) is 0 Å². The summed E-state index contributed by atoms with van der Waals surface area (Å²) in [5, 5.41) is 9.30. The van der Waals surface area contributed by atoms with Crippen molar-refractivity contribution in [2.45, 2.75) is 19.1 Å². The van der Waals surface area contributed by atoms with Gasteiger partial charge in [0.2, 0.25) is 5.91 Å². The highest BCUT2D eigenvalue weighted by Gasteiger charge is 2.17. The second-order valence-electron chi connectivity index (χ2n) is 3.22. The molecule has 2 atom stereocenters. The predicted octanol–water partition coefficient (Wildman–Crippen LogP) is 0.166. The summed E-state index contributed by atoms with van der Waals surface area (Å²) in [6.45, 7) is 1.57. The topological polar surface area (TPSA) is 89.3 Å². The zero-order valence-electron chi connectivity index (χ0n) is 7.97. The summed E-state index contributed by atoms with van der Waals surface area (Å²) in [6.07, 6.45) is -0.713. The number of aliphatic hydroxyl groups is 1. The average Bonchev–Trinajstić information content (AvgIpc) is 2.16. The molecule has 14 heavy (non-hydrogen) atoms. The Morgan fingerprint density at radius 3 is 2.50 bits per heavy atom. The molecule has 0 aliphatic rings. The number of hydrogen-bond donors (Lipinski definition) is 3. The van der Waals surface area contributed by atoms with Crippen LogP contribution in [0.25, 0.3) is 0 Å². The van der Waals surface area contributed by atoms with Gasteiger partial charge in [-0.1, -0.05) is 18.2 Å². The average molecular weight is 194 g/mol. The third-order valence-corrected chi connectivity index (χ3v) is 2.11. The Labute approximate surface area is 82.5 Å². The number of carbonyl (C=O) groups excluding carboxylic acids is 1. The van der Waals surface area contributed by atoms with Gasteiger partial charge in [-0.05, 0) is 18.6 Å². The van der Waals surface area contributed by atoms with Crippen molar-refractivity contribution in [3.8, 4) is 0 Å². The Bertz CT molecular complexity index is 337. The Morgan fingerprint density at radius 1 is 1.43 bits per heavy atom. The first-order chi connectivity index (χ1) is 6.54. The molecule has 1 aromatic carbocycles. The number of nitrogens with two attached hydrogens (primary N) is 2. The first-order valence-electron chi connectivity index (χ1n) is 4.36. The monoisotopic (exact) mass is 194 g/mol. The molecule has 1 amide bonds. The summed E-state index contributed by atoms with van der Waals surface area (Å²) >= 11 is 0. The Morgan fingerprint density at radius 2 is 2.00 bits per heavy atom. The summed E-state index contributed by atoms with van der Waals surface area (Å²) in [5.41, 5.74) is 11.8. The molecule has 5 N–H and O–H groups in total. The second kappa shape index (κ2) is 4.21. The fourth-order valence-corrected chi connectivity index (χ4v) is 1.27. The van der Waals surface area contributed by atoms with Gasteiger partial charge in [-0.25, -0.2) is 0 Å². The van der Waals surface area contributed by atoms with E-state index in [1.807, 2.05) is 0 Å². The molecule has 76 valence electrons. The molecule has 4 nitrogen and oxygen atoms in total. The van der Waals surface area contributed by atoms with E-state index in [9.17, 15) is 9.90 Å². The van der Waals surface area contributed by atoms with Crippen molar-refractivity contribution in [3.05, 3.63) is 35.4 Å². The van der Waals surface area contributed by atoms with Gasteiger partial charge in [0.15, 0.2) is 0 Å². The largest absolute Gasteiger partial charge is 0.391 e. The van der Waals surface area contributed by atoms with E-state index in [0.29, 0.717) is 11.1 Å². The molecule has 0 saturated carbocycles. The Balaban J connectivity index is 3.13. The van der Waals surface area contributed by atoms with Crippen LogP contribution in [0.5, 0.6) is 0 Å². The van der Waals surface area contributed by atoms with Crippen LogP contribution in [-0.2, 0) is 0 Å². The molecule has 0 heterocycles. The summed E-state index contributed by atoms with van der Waals surface area (Å²) in [4.78, 5) is 11.0. The van der Waals surface area contributed by atoms with E-state index >= 15 is 0 Å². The van der Waals surface area contributed by atoms with Gasteiger partial charge in [0.05, 0.1) is 12.1 Å². The van der Waals surface area contributed by atoms with Gasteiger partial charge in [0, 0.05) is 5.56 Å². The van der Waals surface area contributed by atoms with Crippen LogP contribution in [-0.4, -0.2) is 17.1 Å². The van der Waals surface area contributed by atoms with Crippen LogP contribution in [0.1, 0.15) is 28.9 Å². The highest BCUT2D eigenvalue weighted by molar-refractivity contribution is 5.94. The highest BCUT2D eigenvalue weighted by Crippen LogP contribution is 2.18. The second-order valence-corrected chi connectivity index (χ2v) is 3.22. The summed E-state index contributed by atoms with van der Waals surface area (Å²) in [5.74, 6) is -0.531. The maximum atomic E-state index is 11.0. The Hall–Kier alpha value is -1.39. The number of benzene rings is 1. The lowest BCUT2D eigenvalue weighted by atomic mass is 9.97. The normalized spacial score (nSPS) is 14.8.